The third kappa shape index (κ3) is 7.02. The summed E-state index contributed by atoms with van der Waals surface area (Å²) in [6.45, 7) is 0. The molecule has 0 radical (unpaired) electrons. The standard InChI is InChI=1S/C23H13Cl2F5N6O/c24-15-2-1-3-18(27)19(15)20-33-21(32-13-6-9-17(26)16(25)10-13)35-22(34-20)36-31-11-12-4-7-14(8-5-12)37-23(28,29)30/h1-11H,(H2,32,33,34,35,36)/b31-11+. The van der Waals surface area contributed by atoms with Crippen molar-refractivity contribution in [2.24, 2.45) is 5.10 Å². The molecule has 0 aliphatic rings. The summed E-state index contributed by atoms with van der Waals surface area (Å²) in [5.74, 6) is -2.05. The van der Waals surface area contributed by atoms with Gasteiger partial charge in [-0.05, 0) is 60.2 Å². The van der Waals surface area contributed by atoms with Crippen molar-refractivity contribution in [2.75, 3.05) is 10.7 Å². The van der Waals surface area contributed by atoms with Crippen LogP contribution in [0.25, 0.3) is 11.4 Å². The van der Waals surface area contributed by atoms with Crippen LogP contribution in [0.4, 0.5) is 39.5 Å². The monoisotopic (exact) mass is 554 g/mol. The number of ether oxygens (including phenoxy) is 1. The lowest BCUT2D eigenvalue weighted by Gasteiger charge is -2.10. The minimum atomic E-state index is -4.81. The largest absolute Gasteiger partial charge is 0.573 e. The lowest BCUT2D eigenvalue weighted by atomic mass is 10.2. The number of aromatic nitrogens is 3. The van der Waals surface area contributed by atoms with Gasteiger partial charge in [-0.2, -0.15) is 20.1 Å². The zero-order chi connectivity index (χ0) is 26.6. The normalized spacial score (nSPS) is 11.5. The zero-order valence-corrected chi connectivity index (χ0v) is 19.7. The van der Waals surface area contributed by atoms with Crippen molar-refractivity contribution in [2.45, 2.75) is 6.36 Å². The van der Waals surface area contributed by atoms with Crippen LogP contribution in [0.1, 0.15) is 5.56 Å². The fraction of sp³-hybridized carbons (Fsp3) is 0.0435. The van der Waals surface area contributed by atoms with Gasteiger partial charge in [0.05, 0.1) is 21.8 Å². The maximum absolute atomic E-state index is 14.5. The smallest absolute Gasteiger partial charge is 0.406 e. The van der Waals surface area contributed by atoms with Crippen LogP contribution in [0.15, 0.2) is 65.8 Å². The first kappa shape index (κ1) is 26.0. The Labute approximate surface area is 216 Å². The Morgan fingerprint density at radius 1 is 0.838 bits per heavy atom. The average molecular weight is 555 g/mol. The molecular formula is C23H13Cl2F5N6O. The molecule has 0 aliphatic carbocycles. The Morgan fingerprint density at radius 2 is 1.57 bits per heavy atom. The van der Waals surface area contributed by atoms with Crippen molar-refractivity contribution in [1.82, 2.24) is 15.0 Å². The first-order valence-corrected chi connectivity index (χ1v) is 10.9. The number of hydrazone groups is 1. The molecule has 0 saturated carbocycles. The van der Waals surface area contributed by atoms with Crippen LogP contribution in [-0.4, -0.2) is 27.5 Å². The van der Waals surface area contributed by atoms with Crippen molar-refractivity contribution >= 4 is 47.0 Å². The number of nitrogens with zero attached hydrogens (tertiary/aromatic N) is 4. The predicted molar refractivity (Wildman–Crippen MR) is 129 cm³/mol. The van der Waals surface area contributed by atoms with Crippen molar-refractivity contribution in [1.29, 1.82) is 0 Å². The Morgan fingerprint density at radius 3 is 2.24 bits per heavy atom. The highest BCUT2D eigenvalue weighted by Gasteiger charge is 2.30. The van der Waals surface area contributed by atoms with Gasteiger partial charge in [-0.3, -0.25) is 0 Å². The fourth-order valence-corrected chi connectivity index (χ4v) is 3.36. The van der Waals surface area contributed by atoms with E-state index in [1.54, 1.807) is 0 Å². The maximum Gasteiger partial charge on any atom is 0.573 e. The van der Waals surface area contributed by atoms with Gasteiger partial charge in [-0.25, -0.2) is 14.2 Å². The molecule has 190 valence electrons. The fourth-order valence-electron chi connectivity index (χ4n) is 2.93. The predicted octanol–water partition coefficient (Wildman–Crippen LogP) is 7.21. The Hall–Kier alpha value is -4.03. The van der Waals surface area contributed by atoms with E-state index in [0.717, 1.165) is 18.2 Å². The second kappa shape index (κ2) is 10.9. The summed E-state index contributed by atoms with van der Waals surface area (Å²) >= 11 is 12.0. The van der Waals surface area contributed by atoms with Crippen molar-refractivity contribution in [3.05, 3.63) is 87.9 Å². The second-order valence-electron chi connectivity index (χ2n) is 7.14. The Bertz CT molecular complexity index is 1430. The minimum Gasteiger partial charge on any atom is -0.406 e. The van der Waals surface area contributed by atoms with Crippen LogP contribution in [-0.2, 0) is 0 Å². The zero-order valence-electron chi connectivity index (χ0n) is 18.2. The van der Waals surface area contributed by atoms with Crippen molar-refractivity contribution < 1.29 is 26.7 Å². The molecule has 37 heavy (non-hydrogen) atoms. The number of rotatable bonds is 7. The molecule has 4 rings (SSSR count). The molecule has 14 heteroatoms. The molecule has 1 heterocycles. The van der Waals surface area contributed by atoms with E-state index in [1.807, 2.05) is 0 Å². The quantitative estimate of drug-likeness (QED) is 0.142. The summed E-state index contributed by atoms with van der Waals surface area (Å²) in [6, 6.07) is 12.8. The highest BCUT2D eigenvalue weighted by Crippen LogP contribution is 2.30. The van der Waals surface area contributed by atoms with Crippen molar-refractivity contribution in [3.63, 3.8) is 0 Å². The second-order valence-corrected chi connectivity index (χ2v) is 7.96. The number of benzene rings is 3. The summed E-state index contributed by atoms with van der Waals surface area (Å²) < 4.78 is 68.8. The lowest BCUT2D eigenvalue weighted by Crippen LogP contribution is -2.17. The summed E-state index contributed by atoms with van der Waals surface area (Å²) in [7, 11) is 0. The molecule has 3 aromatic carbocycles. The van der Waals surface area contributed by atoms with Gasteiger partial charge >= 0.3 is 6.36 Å². The molecular weight excluding hydrogens is 542 g/mol. The van der Waals surface area contributed by atoms with E-state index < -0.39 is 23.7 Å². The summed E-state index contributed by atoms with van der Waals surface area (Å²) in [5.41, 5.74) is 3.20. The molecule has 0 saturated heterocycles. The van der Waals surface area contributed by atoms with Crippen LogP contribution < -0.4 is 15.5 Å². The van der Waals surface area contributed by atoms with E-state index in [9.17, 15) is 22.0 Å². The van der Waals surface area contributed by atoms with Crippen LogP contribution in [0.2, 0.25) is 10.0 Å². The van der Waals surface area contributed by atoms with Gasteiger partial charge in [-0.1, -0.05) is 29.3 Å². The van der Waals surface area contributed by atoms with Crippen LogP contribution in [0, 0.1) is 11.6 Å². The van der Waals surface area contributed by atoms with E-state index in [2.05, 4.69) is 35.5 Å². The van der Waals surface area contributed by atoms with E-state index >= 15 is 0 Å². The Balaban J connectivity index is 1.61. The number of halogens is 7. The number of alkyl halides is 3. The molecule has 0 unspecified atom stereocenters. The summed E-state index contributed by atoms with van der Waals surface area (Å²) in [5, 5.41) is 6.66. The lowest BCUT2D eigenvalue weighted by molar-refractivity contribution is -0.274. The van der Waals surface area contributed by atoms with E-state index in [-0.39, 0.29) is 33.3 Å². The number of hydrogen-bond donors (Lipinski definition) is 2. The number of nitrogens with one attached hydrogen (secondary N) is 2. The number of hydrogen-bond acceptors (Lipinski definition) is 7. The van der Waals surface area contributed by atoms with E-state index in [1.165, 1.54) is 48.7 Å². The van der Waals surface area contributed by atoms with E-state index in [4.69, 9.17) is 23.2 Å². The first-order valence-electron chi connectivity index (χ1n) is 10.1. The van der Waals surface area contributed by atoms with Crippen LogP contribution >= 0.6 is 23.2 Å². The molecule has 0 aliphatic heterocycles. The SMILES string of the molecule is Fc1ccc(Nc2nc(N/N=C/c3ccc(OC(F)(F)F)cc3)nc(-c3c(F)cccc3Cl)n2)cc1Cl. The molecule has 0 amide bonds. The summed E-state index contributed by atoms with van der Waals surface area (Å²) in [4.78, 5) is 12.5. The van der Waals surface area contributed by atoms with Gasteiger partial charge in [0.1, 0.15) is 17.4 Å². The maximum atomic E-state index is 14.5. The van der Waals surface area contributed by atoms with Gasteiger partial charge in [0.25, 0.3) is 0 Å². The van der Waals surface area contributed by atoms with Gasteiger partial charge in [0.15, 0.2) is 5.82 Å². The van der Waals surface area contributed by atoms with Gasteiger partial charge < -0.3 is 10.1 Å². The van der Waals surface area contributed by atoms with Gasteiger partial charge in [-0.15, -0.1) is 13.2 Å². The average Bonchev–Trinajstić information content (AvgIpc) is 2.81. The first-order chi connectivity index (χ1) is 17.6. The third-order valence-electron chi connectivity index (χ3n) is 4.49. The van der Waals surface area contributed by atoms with Crippen LogP contribution in [0.5, 0.6) is 5.75 Å². The topological polar surface area (TPSA) is 84.3 Å². The third-order valence-corrected chi connectivity index (χ3v) is 5.09. The molecule has 2 N–H and O–H groups in total. The summed E-state index contributed by atoms with van der Waals surface area (Å²) in [6.07, 6.45) is -3.52. The molecule has 1 aromatic heterocycles. The van der Waals surface area contributed by atoms with Crippen molar-refractivity contribution in [3.8, 4) is 17.1 Å². The van der Waals surface area contributed by atoms with Crippen LogP contribution in [0.3, 0.4) is 0 Å². The molecule has 0 spiro atoms. The minimum absolute atomic E-state index is 0.0394. The van der Waals surface area contributed by atoms with Gasteiger partial charge in [0.2, 0.25) is 11.9 Å². The van der Waals surface area contributed by atoms with E-state index in [0.29, 0.717) is 11.3 Å². The molecule has 0 fully saturated rings. The number of anilines is 3. The van der Waals surface area contributed by atoms with Gasteiger partial charge in [0, 0.05) is 5.69 Å². The molecule has 4 aromatic rings. The Kier molecular flexibility index (Phi) is 7.69. The highest BCUT2D eigenvalue weighted by atomic mass is 35.5. The molecule has 0 atom stereocenters. The highest BCUT2D eigenvalue weighted by molar-refractivity contribution is 6.33. The molecule has 0 bridgehead atoms. The molecule has 7 nitrogen and oxygen atoms in total.